The molecule has 0 spiro atoms. The van der Waals surface area contributed by atoms with E-state index in [1.807, 2.05) is 29.7 Å². The highest BCUT2D eigenvalue weighted by molar-refractivity contribution is 7.19. The van der Waals surface area contributed by atoms with Crippen LogP contribution in [0.2, 0.25) is 0 Å². The van der Waals surface area contributed by atoms with Gasteiger partial charge in [0.2, 0.25) is 0 Å². The fourth-order valence-electron chi connectivity index (χ4n) is 3.96. The summed E-state index contributed by atoms with van der Waals surface area (Å²) in [4.78, 5) is 19.3. The second-order valence-corrected chi connectivity index (χ2v) is 8.07. The molecule has 1 fully saturated rings. The summed E-state index contributed by atoms with van der Waals surface area (Å²) in [5, 5.41) is 1.33. The number of aromatic nitrogens is 3. The Kier molecular flexibility index (Phi) is 3.30. The predicted octanol–water partition coefficient (Wildman–Crippen LogP) is 4.09. The average Bonchev–Trinajstić information content (AvgIpc) is 3.30. The van der Waals surface area contributed by atoms with Crippen LogP contribution in [0, 0.1) is 5.92 Å². The van der Waals surface area contributed by atoms with Crippen molar-refractivity contribution in [2.45, 2.75) is 32.6 Å². The van der Waals surface area contributed by atoms with Gasteiger partial charge in [0.1, 0.15) is 10.6 Å². The van der Waals surface area contributed by atoms with E-state index in [2.05, 4.69) is 16.8 Å². The third-order valence-electron chi connectivity index (χ3n) is 5.19. The van der Waals surface area contributed by atoms with E-state index in [1.165, 1.54) is 41.5 Å². The monoisotopic (exact) mass is 336 g/mol. The van der Waals surface area contributed by atoms with Gasteiger partial charge in [-0.05, 0) is 49.3 Å². The number of pyridine rings is 1. The molecule has 5 heteroatoms. The highest BCUT2D eigenvalue weighted by Gasteiger charge is 2.28. The van der Waals surface area contributed by atoms with Gasteiger partial charge in [-0.3, -0.25) is 4.98 Å². The van der Waals surface area contributed by atoms with Gasteiger partial charge in [-0.15, -0.1) is 11.3 Å². The quantitative estimate of drug-likeness (QED) is 0.707. The fourth-order valence-corrected chi connectivity index (χ4v) is 5.21. The summed E-state index contributed by atoms with van der Waals surface area (Å²) in [5.41, 5.74) is 2.52. The number of thiophene rings is 1. The second-order valence-electron chi connectivity index (χ2n) is 6.99. The number of aryl methyl sites for hydroxylation is 2. The molecule has 3 aromatic rings. The Labute approximate surface area is 145 Å². The first-order valence-electron chi connectivity index (χ1n) is 8.77. The molecule has 1 atom stereocenters. The maximum absolute atomic E-state index is 5.02. The van der Waals surface area contributed by atoms with E-state index < -0.39 is 0 Å². The first-order chi connectivity index (χ1) is 11.8. The zero-order valence-electron chi connectivity index (χ0n) is 13.8. The van der Waals surface area contributed by atoms with Gasteiger partial charge in [0.15, 0.2) is 5.82 Å². The van der Waals surface area contributed by atoms with Gasteiger partial charge in [-0.1, -0.05) is 6.92 Å². The molecule has 4 nitrogen and oxygen atoms in total. The van der Waals surface area contributed by atoms with Crippen LogP contribution in [0.25, 0.3) is 21.6 Å². The number of fused-ring (bicyclic) bond motifs is 3. The minimum absolute atomic E-state index is 0.739. The van der Waals surface area contributed by atoms with Gasteiger partial charge in [-0.25, -0.2) is 9.97 Å². The average molecular weight is 336 g/mol. The van der Waals surface area contributed by atoms with Gasteiger partial charge in [0, 0.05) is 35.9 Å². The van der Waals surface area contributed by atoms with Crippen molar-refractivity contribution in [3.63, 3.8) is 0 Å². The summed E-state index contributed by atoms with van der Waals surface area (Å²) in [6.07, 6.45) is 8.57. The predicted molar refractivity (Wildman–Crippen MR) is 98.7 cm³/mol. The molecule has 4 heterocycles. The lowest BCUT2D eigenvalue weighted by molar-refractivity contribution is 0.659. The molecule has 0 radical (unpaired) electrons. The maximum atomic E-state index is 5.02. The van der Waals surface area contributed by atoms with E-state index in [-0.39, 0.29) is 0 Å². The van der Waals surface area contributed by atoms with Crippen molar-refractivity contribution in [1.82, 2.24) is 15.0 Å². The summed E-state index contributed by atoms with van der Waals surface area (Å²) in [7, 11) is 0. The summed E-state index contributed by atoms with van der Waals surface area (Å²) in [5.74, 6) is 2.70. The summed E-state index contributed by atoms with van der Waals surface area (Å²) in [6, 6.07) is 4.00. The molecule has 1 aliphatic carbocycles. The smallest absolute Gasteiger partial charge is 0.164 e. The lowest BCUT2D eigenvalue weighted by atomic mass is 10.1. The molecule has 0 N–H and O–H groups in total. The zero-order chi connectivity index (χ0) is 16.1. The van der Waals surface area contributed by atoms with Gasteiger partial charge in [0.05, 0.1) is 5.39 Å². The molecule has 1 unspecified atom stereocenters. The van der Waals surface area contributed by atoms with Crippen LogP contribution in [0.4, 0.5) is 5.82 Å². The SMILES string of the molecule is CC1CCN(c2nc(-c3cccnc3)nc3sc4c(c23)CCC4)C1. The van der Waals surface area contributed by atoms with Gasteiger partial charge in [0.25, 0.3) is 0 Å². The first-order valence-corrected chi connectivity index (χ1v) is 9.59. The van der Waals surface area contributed by atoms with Gasteiger partial charge >= 0.3 is 0 Å². The number of hydrogen-bond acceptors (Lipinski definition) is 5. The molecule has 3 aromatic heterocycles. The van der Waals surface area contributed by atoms with Crippen LogP contribution >= 0.6 is 11.3 Å². The minimum Gasteiger partial charge on any atom is -0.356 e. The van der Waals surface area contributed by atoms with Crippen molar-refractivity contribution in [3.05, 3.63) is 35.0 Å². The molecule has 24 heavy (non-hydrogen) atoms. The third-order valence-corrected chi connectivity index (χ3v) is 6.37. The van der Waals surface area contributed by atoms with Crippen LogP contribution in [0.15, 0.2) is 24.5 Å². The van der Waals surface area contributed by atoms with Crippen molar-refractivity contribution in [1.29, 1.82) is 0 Å². The van der Waals surface area contributed by atoms with Gasteiger partial charge in [-0.2, -0.15) is 0 Å². The Morgan fingerprint density at radius 2 is 2.21 bits per heavy atom. The molecule has 0 amide bonds. The van der Waals surface area contributed by atoms with Crippen LogP contribution in [0.5, 0.6) is 0 Å². The number of anilines is 1. The lowest BCUT2D eigenvalue weighted by Gasteiger charge is -2.19. The number of nitrogens with zero attached hydrogens (tertiary/aromatic N) is 4. The molecular formula is C19H20N4S. The molecule has 2 aliphatic rings. The van der Waals surface area contributed by atoms with Crippen molar-refractivity contribution in [2.75, 3.05) is 18.0 Å². The lowest BCUT2D eigenvalue weighted by Crippen LogP contribution is -2.21. The zero-order valence-corrected chi connectivity index (χ0v) is 14.6. The van der Waals surface area contributed by atoms with E-state index in [0.29, 0.717) is 0 Å². The van der Waals surface area contributed by atoms with Crippen LogP contribution in [-0.4, -0.2) is 28.0 Å². The summed E-state index contributed by atoms with van der Waals surface area (Å²) >= 11 is 1.87. The van der Waals surface area contributed by atoms with E-state index in [4.69, 9.17) is 9.97 Å². The third kappa shape index (κ3) is 2.22. The topological polar surface area (TPSA) is 41.9 Å². The molecule has 1 aliphatic heterocycles. The fraction of sp³-hybridized carbons (Fsp3) is 0.421. The van der Waals surface area contributed by atoms with Crippen molar-refractivity contribution in [3.8, 4) is 11.4 Å². The highest BCUT2D eigenvalue weighted by atomic mass is 32.1. The van der Waals surface area contributed by atoms with E-state index in [1.54, 1.807) is 6.20 Å². The van der Waals surface area contributed by atoms with E-state index >= 15 is 0 Å². The normalized spacial score (nSPS) is 20.0. The second kappa shape index (κ2) is 5.52. The first kappa shape index (κ1) is 14.3. The van der Waals surface area contributed by atoms with Crippen LogP contribution in [0.3, 0.4) is 0 Å². The summed E-state index contributed by atoms with van der Waals surface area (Å²) in [6.45, 7) is 4.53. The maximum Gasteiger partial charge on any atom is 0.164 e. The van der Waals surface area contributed by atoms with Crippen molar-refractivity contribution < 1.29 is 0 Å². The number of rotatable bonds is 2. The molecule has 1 saturated heterocycles. The molecule has 0 aromatic carbocycles. The molecule has 122 valence electrons. The number of hydrogen-bond donors (Lipinski definition) is 0. The Hall–Kier alpha value is -2.01. The minimum atomic E-state index is 0.739. The molecule has 5 rings (SSSR count). The van der Waals surface area contributed by atoms with Gasteiger partial charge < -0.3 is 4.90 Å². The van der Waals surface area contributed by atoms with Crippen LogP contribution in [0.1, 0.15) is 30.2 Å². The van der Waals surface area contributed by atoms with E-state index in [9.17, 15) is 0 Å². The Morgan fingerprint density at radius 1 is 1.25 bits per heavy atom. The highest BCUT2D eigenvalue weighted by Crippen LogP contribution is 2.42. The Morgan fingerprint density at radius 3 is 3.00 bits per heavy atom. The van der Waals surface area contributed by atoms with Crippen molar-refractivity contribution in [2.24, 2.45) is 5.92 Å². The largest absolute Gasteiger partial charge is 0.356 e. The Bertz CT molecular complexity index is 903. The summed E-state index contributed by atoms with van der Waals surface area (Å²) < 4.78 is 0. The Balaban J connectivity index is 1.74. The van der Waals surface area contributed by atoms with Crippen LogP contribution in [-0.2, 0) is 12.8 Å². The molecule has 0 bridgehead atoms. The molecule has 0 saturated carbocycles. The molecular weight excluding hydrogens is 316 g/mol. The standard InChI is InChI=1S/C19H20N4S/c1-12-7-9-23(11-12)18-16-14-5-2-6-15(14)24-19(16)22-17(21-18)13-4-3-8-20-10-13/h3-4,8,10,12H,2,5-7,9,11H2,1H3. The van der Waals surface area contributed by atoms with Crippen molar-refractivity contribution >= 4 is 27.4 Å². The van der Waals surface area contributed by atoms with E-state index in [0.717, 1.165) is 41.0 Å². The van der Waals surface area contributed by atoms with Crippen LogP contribution < -0.4 is 4.90 Å².